The second-order valence-corrected chi connectivity index (χ2v) is 12.5. The van der Waals surface area contributed by atoms with Crippen molar-refractivity contribution in [1.82, 2.24) is 14.7 Å². The van der Waals surface area contributed by atoms with Crippen molar-refractivity contribution >= 4 is 22.4 Å². The number of carboxylic acid groups (broad SMARTS) is 1. The van der Waals surface area contributed by atoms with Crippen LogP contribution in [-0.2, 0) is 23.8 Å². The number of para-hydroxylation sites is 2. The molecule has 46 heavy (non-hydrogen) atoms. The lowest BCUT2D eigenvalue weighted by Gasteiger charge is -2.37. The number of benzene rings is 4. The van der Waals surface area contributed by atoms with Crippen LogP contribution in [-0.4, -0.2) is 65.1 Å². The van der Waals surface area contributed by atoms with E-state index in [1.54, 1.807) is 0 Å². The number of aromatic nitrogens is 2. The number of aryl methyl sites for hydroxylation is 1. The van der Waals surface area contributed by atoms with Gasteiger partial charge in [0.15, 0.2) is 0 Å². The molecule has 2 atom stereocenters. The molecule has 0 fully saturated rings. The van der Waals surface area contributed by atoms with E-state index in [-0.39, 0.29) is 6.61 Å². The number of hydrogen-bond donors (Lipinski definition) is 1. The molecule has 2 aliphatic heterocycles. The maximum Gasteiger partial charge on any atom is 0.327 e. The summed E-state index contributed by atoms with van der Waals surface area (Å²) in [5.41, 5.74) is 4.36. The molecule has 0 aliphatic carbocycles. The Morgan fingerprint density at radius 1 is 0.913 bits per heavy atom. The molecule has 236 valence electrons. The minimum absolute atomic E-state index is 0.231. The van der Waals surface area contributed by atoms with E-state index in [0.29, 0.717) is 26.0 Å². The van der Waals surface area contributed by atoms with E-state index in [2.05, 4.69) is 58.3 Å². The van der Waals surface area contributed by atoms with Crippen molar-refractivity contribution in [2.45, 2.75) is 37.3 Å². The summed E-state index contributed by atoms with van der Waals surface area (Å²) in [7, 11) is 4.09. The predicted molar refractivity (Wildman–Crippen MR) is 181 cm³/mol. The zero-order chi connectivity index (χ0) is 31.7. The Bertz CT molecular complexity index is 1850. The van der Waals surface area contributed by atoms with E-state index < -0.39 is 17.4 Å². The molecule has 7 rings (SSSR count). The van der Waals surface area contributed by atoms with Crippen LogP contribution in [0, 0.1) is 0 Å². The lowest BCUT2D eigenvalue weighted by atomic mass is 9.73. The van der Waals surface area contributed by atoms with Gasteiger partial charge in [-0.05, 0) is 62.0 Å². The van der Waals surface area contributed by atoms with Gasteiger partial charge >= 0.3 is 5.97 Å². The maximum atomic E-state index is 13.5. The van der Waals surface area contributed by atoms with E-state index in [4.69, 9.17) is 9.47 Å². The second kappa shape index (κ2) is 12.5. The van der Waals surface area contributed by atoms with Crippen molar-refractivity contribution in [2.24, 2.45) is 7.05 Å². The zero-order valence-electron chi connectivity index (χ0n) is 26.4. The van der Waals surface area contributed by atoms with Gasteiger partial charge in [0.2, 0.25) is 0 Å². The van der Waals surface area contributed by atoms with Gasteiger partial charge in [0, 0.05) is 42.3 Å². The number of aliphatic carboxylic acids is 1. The summed E-state index contributed by atoms with van der Waals surface area (Å²) in [6, 6.07) is 29.5. The molecule has 1 aromatic heterocycles. The highest BCUT2D eigenvalue weighted by atomic mass is 16.5. The maximum absolute atomic E-state index is 13.5. The Morgan fingerprint density at radius 3 is 2.54 bits per heavy atom. The van der Waals surface area contributed by atoms with Crippen LogP contribution in [0.4, 0.5) is 5.69 Å². The molecule has 1 N–H and O–H groups in total. The van der Waals surface area contributed by atoms with Gasteiger partial charge in [0.1, 0.15) is 24.1 Å². The first-order valence-electron chi connectivity index (χ1n) is 16.1. The van der Waals surface area contributed by atoms with Gasteiger partial charge < -0.3 is 24.4 Å². The minimum Gasteiger partial charge on any atom is -0.493 e. The van der Waals surface area contributed by atoms with E-state index in [1.165, 1.54) is 0 Å². The summed E-state index contributed by atoms with van der Waals surface area (Å²) in [4.78, 5) is 17.9. The highest BCUT2D eigenvalue weighted by molar-refractivity contribution is 5.93. The molecule has 2 aliphatic rings. The number of rotatable bonds is 9. The normalized spacial score (nSPS) is 19.4. The van der Waals surface area contributed by atoms with E-state index >= 15 is 0 Å². The van der Waals surface area contributed by atoms with Crippen LogP contribution < -0.4 is 14.4 Å². The van der Waals surface area contributed by atoms with Crippen molar-refractivity contribution in [3.8, 4) is 22.6 Å². The monoisotopic (exact) mass is 616 g/mol. The van der Waals surface area contributed by atoms with Gasteiger partial charge in [-0.3, -0.25) is 4.68 Å². The molecule has 8 nitrogen and oxygen atoms in total. The number of carbonyl (C=O) groups is 1. The fourth-order valence-corrected chi connectivity index (χ4v) is 7.50. The zero-order valence-corrected chi connectivity index (χ0v) is 26.4. The quantitative estimate of drug-likeness (QED) is 0.189. The van der Waals surface area contributed by atoms with Gasteiger partial charge in [-0.1, -0.05) is 72.8 Å². The topological polar surface area (TPSA) is 80.1 Å². The van der Waals surface area contributed by atoms with Crippen molar-refractivity contribution in [1.29, 1.82) is 0 Å². The van der Waals surface area contributed by atoms with Crippen LogP contribution in [0.1, 0.15) is 30.5 Å². The molecule has 8 heteroatoms. The first kappa shape index (κ1) is 29.9. The number of ether oxygens (including phenoxy) is 2. The number of carboxylic acids is 1. The summed E-state index contributed by atoms with van der Waals surface area (Å²) in [6.45, 7) is 2.93. The number of fused-ring (bicyclic) bond motifs is 3. The smallest absolute Gasteiger partial charge is 0.327 e. The molecule has 0 radical (unpaired) electrons. The second-order valence-electron chi connectivity index (χ2n) is 12.5. The molecule has 0 spiro atoms. The van der Waals surface area contributed by atoms with Crippen LogP contribution in [0.15, 0.2) is 97.2 Å². The van der Waals surface area contributed by atoms with E-state index in [0.717, 1.165) is 69.9 Å². The first-order valence-corrected chi connectivity index (χ1v) is 16.1. The molecule has 4 aromatic carbocycles. The number of anilines is 1. The fourth-order valence-electron chi connectivity index (χ4n) is 7.50. The lowest BCUT2D eigenvalue weighted by molar-refractivity contribution is -0.140. The molecule has 2 unspecified atom stereocenters. The van der Waals surface area contributed by atoms with Gasteiger partial charge in [0.05, 0.1) is 23.9 Å². The highest BCUT2D eigenvalue weighted by Crippen LogP contribution is 2.53. The lowest BCUT2D eigenvalue weighted by Crippen LogP contribution is -2.53. The minimum atomic E-state index is -0.842. The van der Waals surface area contributed by atoms with Crippen molar-refractivity contribution in [3.63, 3.8) is 0 Å². The molecule has 3 heterocycles. The van der Waals surface area contributed by atoms with Gasteiger partial charge in [0.25, 0.3) is 0 Å². The van der Waals surface area contributed by atoms with E-state index in [1.807, 2.05) is 72.5 Å². The molecule has 5 aromatic rings. The molecular weight excluding hydrogens is 576 g/mol. The summed E-state index contributed by atoms with van der Waals surface area (Å²) in [5.74, 6) is 0.721. The van der Waals surface area contributed by atoms with Crippen LogP contribution >= 0.6 is 0 Å². The van der Waals surface area contributed by atoms with Gasteiger partial charge in [-0.2, -0.15) is 5.10 Å². The van der Waals surface area contributed by atoms with Crippen molar-refractivity contribution in [3.05, 3.63) is 108 Å². The Kier molecular flexibility index (Phi) is 8.13. The average Bonchev–Trinajstić information content (AvgIpc) is 3.57. The third kappa shape index (κ3) is 5.36. The van der Waals surface area contributed by atoms with Crippen molar-refractivity contribution in [2.75, 3.05) is 38.3 Å². The summed E-state index contributed by atoms with van der Waals surface area (Å²) < 4.78 is 14.8. The van der Waals surface area contributed by atoms with E-state index in [9.17, 15) is 9.90 Å². The summed E-state index contributed by atoms with van der Waals surface area (Å²) in [5, 5.41) is 17.9. The summed E-state index contributed by atoms with van der Waals surface area (Å²) >= 11 is 0. The first-order chi connectivity index (χ1) is 22.5. The van der Waals surface area contributed by atoms with Crippen LogP contribution in [0.5, 0.6) is 11.5 Å². The van der Waals surface area contributed by atoms with Crippen LogP contribution in [0.25, 0.3) is 21.9 Å². The molecule has 0 saturated heterocycles. The average molecular weight is 617 g/mol. The number of hydrogen-bond acceptors (Lipinski definition) is 6. The highest BCUT2D eigenvalue weighted by Gasteiger charge is 2.55. The predicted octanol–water partition coefficient (Wildman–Crippen LogP) is 6.53. The molecule has 0 bridgehead atoms. The SMILES string of the molecule is CN1CCCN2c3c(cccc3C(CCCOc3cccc4ccccc34)(COc3ccccc3)C2C(=O)O)-c2cnn(C)c2C1. The van der Waals surface area contributed by atoms with Gasteiger partial charge in [-0.15, -0.1) is 0 Å². The third-order valence-corrected chi connectivity index (χ3v) is 9.65. The number of nitrogens with zero attached hydrogens (tertiary/aromatic N) is 4. The van der Waals surface area contributed by atoms with Gasteiger partial charge in [-0.25, -0.2) is 4.79 Å². The summed E-state index contributed by atoms with van der Waals surface area (Å²) in [6.07, 6.45) is 3.99. The Labute approximate surface area is 269 Å². The fraction of sp³-hybridized carbons (Fsp3) is 0.316. The Hall–Kier alpha value is -4.82. The molecule has 0 amide bonds. The molecular formula is C38H40N4O4. The van der Waals surface area contributed by atoms with Crippen LogP contribution in [0.2, 0.25) is 0 Å². The Morgan fingerprint density at radius 2 is 1.70 bits per heavy atom. The largest absolute Gasteiger partial charge is 0.493 e. The standard InChI is InChI=1S/C38H40N4O4/c1-40-21-11-22-42-35-30(31-24-39-41(2)33(31)25-40)17-9-18-32(35)38(36(42)37(43)44,26-46-28-14-4-3-5-15-28)20-10-23-45-34-19-8-13-27-12-6-7-16-29(27)34/h3-9,12-19,24,36H,10-11,20-23,25-26H2,1-2H3,(H,43,44). The molecule has 0 saturated carbocycles. The Balaban J connectivity index is 1.30. The van der Waals surface area contributed by atoms with Crippen LogP contribution in [0.3, 0.4) is 0 Å². The van der Waals surface area contributed by atoms with Crippen molar-refractivity contribution < 1.29 is 19.4 Å². The third-order valence-electron chi connectivity index (χ3n) is 9.65.